The largest absolute Gasteiger partial charge is 0.490 e. The Morgan fingerprint density at radius 2 is 1.69 bits per heavy atom. The van der Waals surface area contributed by atoms with Crippen LogP contribution < -0.4 is 20.1 Å². The van der Waals surface area contributed by atoms with Crippen LogP contribution in [0.3, 0.4) is 0 Å². The lowest BCUT2D eigenvalue weighted by atomic mass is 10.2. The minimum atomic E-state index is -0.233. The van der Waals surface area contributed by atoms with Crippen molar-refractivity contribution in [2.24, 2.45) is 0 Å². The van der Waals surface area contributed by atoms with Crippen molar-refractivity contribution in [3.63, 3.8) is 0 Å². The quantitative estimate of drug-likeness (QED) is 0.498. The zero-order valence-corrected chi connectivity index (χ0v) is 16.9. The van der Waals surface area contributed by atoms with Crippen molar-refractivity contribution in [3.8, 4) is 11.5 Å². The molecule has 0 radical (unpaired) electrons. The molecule has 1 amide bonds. The first kappa shape index (κ1) is 20.6. The third-order valence-electron chi connectivity index (χ3n) is 4.08. The lowest BCUT2D eigenvalue weighted by Crippen LogP contribution is -2.20. The molecule has 29 heavy (non-hydrogen) atoms. The van der Waals surface area contributed by atoms with Gasteiger partial charge in [0.05, 0.1) is 17.3 Å². The molecular formula is C23H23ClN2O3. The Balaban J connectivity index is 1.61. The summed E-state index contributed by atoms with van der Waals surface area (Å²) in [7, 11) is 0. The van der Waals surface area contributed by atoms with Crippen LogP contribution in [-0.2, 0) is 11.3 Å². The minimum Gasteiger partial charge on any atom is -0.490 e. The molecule has 2 N–H and O–H groups in total. The average Bonchev–Trinajstić information content (AvgIpc) is 2.73. The van der Waals surface area contributed by atoms with Crippen LogP contribution in [0.25, 0.3) is 0 Å². The molecule has 3 rings (SSSR count). The van der Waals surface area contributed by atoms with E-state index in [2.05, 4.69) is 10.6 Å². The van der Waals surface area contributed by atoms with Crippen LogP contribution >= 0.6 is 11.6 Å². The van der Waals surface area contributed by atoms with Gasteiger partial charge in [-0.3, -0.25) is 4.79 Å². The van der Waals surface area contributed by atoms with E-state index in [1.54, 1.807) is 0 Å². The van der Waals surface area contributed by atoms with Gasteiger partial charge in [-0.15, -0.1) is 0 Å². The van der Waals surface area contributed by atoms with Gasteiger partial charge >= 0.3 is 0 Å². The van der Waals surface area contributed by atoms with E-state index in [0.29, 0.717) is 29.7 Å². The summed E-state index contributed by atoms with van der Waals surface area (Å²) in [5.74, 6) is 0.887. The van der Waals surface area contributed by atoms with Gasteiger partial charge < -0.3 is 20.1 Å². The number of para-hydroxylation sites is 2. The summed E-state index contributed by atoms with van der Waals surface area (Å²) in [5.41, 5.74) is 2.60. The second kappa shape index (κ2) is 10.4. The number of ether oxygens (including phenoxy) is 2. The Kier molecular flexibility index (Phi) is 7.36. The van der Waals surface area contributed by atoms with Gasteiger partial charge in [-0.05, 0) is 48.9 Å². The van der Waals surface area contributed by atoms with E-state index >= 15 is 0 Å². The molecule has 0 unspecified atom stereocenters. The van der Waals surface area contributed by atoms with Gasteiger partial charge in [-0.1, -0.05) is 48.0 Å². The van der Waals surface area contributed by atoms with E-state index in [9.17, 15) is 4.79 Å². The monoisotopic (exact) mass is 410 g/mol. The van der Waals surface area contributed by atoms with Crippen LogP contribution in [0.1, 0.15) is 12.5 Å². The lowest BCUT2D eigenvalue weighted by molar-refractivity contribution is -0.118. The molecule has 0 heterocycles. The third kappa shape index (κ3) is 6.16. The summed E-state index contributed by atoms with van der Waals surface area (Å²) in [6, 6.07) is 22.5. The summed E-state index contributed by atoms with van der Waals surface area (Å²) >= 11 is 6.18. The van der Waals surface area contributed by atoms with Crippen molar-refractivity contribution in [1.82, 2.24) is 0 Å². The predicted molar refractivity (Wildman–Crippen MR) is 117 cm³/mol. The first-order valence-corrected chi connectivity index (χ1v) is 9.75. The topological polar surface area (TPSA) is 59.6 Å². The number of halogens is 1. The molecule has 0 saturated carbocycles. The maximum Gasteiger partial charge on any atom is 0.262 e. The zero-order chi connectivity index (χ0) is 20.5. The number of nitrogens with one attached hydrogen (secondary N) is 2. The summed E-state index contributed by atoms with van der Waals surface area (Å²) in [4.78, 5) is 12.1. The molecule has 0 saturated heterocycles. The maximum absolute atomic E-state index is 12.1. The van der Waals surface area contributed by atoms with E-state index < -0.39 is 0 Å². The van der Waals surface area contributed by atoms with Crippen molar-refractivity contribution in [3.05, 3.63) is 83.4 Å². The molecule has 0 spiro atoms. The molecule has 0 aliphatic heterocycles. The Bertz CT molecular complexity index is 948. The van der Waals surface area contributed by atoms with Gasteiger partial charge in [0.15, 0.2) is 18.1 Å². The summed E-state index contributed by atoms with van der Waals surface area (Å²) < 4.78 is 11.4. The standard InChI is InChI=1S/C23H23ClN2O3/c1-2-28-22-14-17(15-25-20-11-7-6-10-19(20)24)12-13-21(22)29-16-23(27)26-18-8-4-3-5-9-18/h3-14,25H,2,15-16H2,1H3,(H,26,27). The fourth-order valence-electron chi connectivity index (χ4n) is 2.71. The number of carbonyl (C=O) groups excluding carboxylic acids is 1. The smallest absolute Gasteiger partial charge is 0.262 e. The van der Waals surface area contributed by atoms with Crippen molar-refractivity contribution in [2.45, 2.75) is 13.5 Å². The SMILES string of the molecule is CCOc1cc(CNc2ccccc2Cl)ccc1OCC(=O)Nc1ccccc1. The van der Waals surface area contributed by atoms with Crippen molar-refractivity contribution >= 4 is 28.9 Å². The van der Waals surface area contributed by atoms with Crippen molar-refractivity contribution in [2.75, 3.05) is 23.8 Å². The molecule has 0 bridgehead atoms. The normalized spacial score (nSPS) is 10.3. The summed E-state index contributed by atoms with van der Waals surface area (Å²) in [5, 5.41) is 6.76. The highest BCUT2D eigenvalue weighted by Gasteiger charge is 2.10. The summed E-state index contributed by atoms with van der Waals surface area (Å²) in [6.45, 7) is 2.87. The fourth-order valence-corrected chi connectivity index (χ4v) is 2.92. The molecule has 3 aromatic rings. The minimum absolute atomic E-state index is 0.105. The van der Waals surface area contributed by atoms with Crippen LogP contribution in [0.15, 0.2) is 72.8 Å². The Morgan fingerprint density at radius 1 is 0.931 bits per heavy atom. The van der Waals surface area contributed by atoms with Crippen molar-refractivity contribution in [1.29, 1.82) is 0 Å². The Hall–Kier alpha value is -3.18. The summed E-state index contributed by atoms with van der Waals surface area (Å²) in [6.07, 6.45) is 0. The van der Waals surface area contributed by atoms with Crippen LogP contribution in [0.4, 0.5) is 11.4 Å². The van der Waals surface area contributed by atoms with E-state index in [4.69, 9.17) is 21.1 Å². The molecule has 5 nitrogen and oxygen atoms in total. The molecule has 3 aromatic carbocycles. The lowest BCUT2D eigenvalue weighted by Gasteiger charge is -2.14. The highest BCUT2D eigenvalue weighted by atomic mass is 35.5. The zero-order valence-electron chi connectivity index (χ0n) is 16.2. The molecule has 6 heteroatoms. The second-order valence-corrected chi connectivity index (χ2v) is 6.66. The Labute approximate surface area is 175 Å². The van der Waals surface area contributed by atoms with Gasteiger partial charge in [-0.2, -0.15) is 0 Å². The number of hydrogen-bond donors (Lipinski definition) is 2. The fraction of sp³-hybridized carbons (Fsp3) is 0.174. The number of amides is 1. The van der Waals surface area contributed by atoms with E-state index in [1.807, 2.05) is 79.7 Å². The van der Waals surface area contributed by atoms with Gasteiger partial charge in [-0.25, -0.2) is 0 Å². The van der Waals surface area contributed by atoms with E-state index in [0.717, 1.165) is 16.9 Å². The average molecular weight is 411 g/mol. The van der Waals surface area contributed by atoms with Crippen LogP contribution in [0.2, 0.25) is 5.02 Å². The molecular weight excluding hydrogens is 388 g/mol. The van der Waals surface area contributed by atoms with Gasteiger partial charge in [0.1, 0.15) is 0 Å². The van der Waals surface area contributed by atoms with Gasteiger partial charge in [0.2, 0.25) is 0 Å². The number of rotatable bonds is 9. The molecule has 0 aliphatic rings. The number of benzene rings is 3. The van der Waals surface area contributed by atoms with Crippen LogP contribution in [-0.4, -0.2) is 19.1 Å². The van der Waals surface area contributed by atoms with E-state index in [1.165, 1.54) is 0 Å². The van der Waals surface area contributed by atoms with Crippen LogP contribution in [0.5, 0.6) is 11.5 Å². The second-order valence-electron chi connectivity index (χ2n) is 6.25. The molecule has 0 fully saturated rings. The Morgan fingerprint density at radius 3 is 2.45 bits per heavy atom. The molecule has 0 aliphatic carbocycles. The third-order valence-corrected chi connectivity index (χ3v) is 4.41. The first-order chi connectivity index (χ1) is 14.2. The van der Waals surface area contributed by atoms with Crippen molar-refractivity contribution < 1.29 is 14.3 Å². The highest BCUT2D eigenvalue weighted by Crippen LogP contribution is 2.29. The number of carbonyl (C=O) groups is 1. The highest BCUT2D eigenvalue weighted by molar-refractivity contribution is 6.33. The molecule has 150 valence electrons. The predicted octanol–water partition coefficient (Wildman–Crippen LogP) is 5.37. The van der Waals surface area contributed by atoms with E-state index in [-0.39, 0.29) is 12.5 Å². The maximum atomic E-state index is 12.1. The van der Waals surface area contributed by atoms with Gasteiger partial charge in [0, 0.05) is 12.2 Å². The van der Waals surface area contributed by atoms with Gasteiger partial charge in [0.25, 0.3) is 5.91 Å². The number of hydrogen-bond acceptors (Lipinski definition) is 4. The first-order valence-electron chi connectivity index (χ1n) is 9.37. The molecule has 0 aromatic heterocycles. The molecule has 0 atom stereocenters. The van der Waals surface area contributed by atoms with Crippen LogP contribution in [0, 0.1) is 0 Å². The number of anilines is 2.